The van der Waals surface area contributed by atoms with Gasteiger partial charge in [0.15, 0.2) is 6.29 Å². The fourth-order valence-electron chi connectivity index (χ4n) is 1.30. The van der Waals surface area contributed by atoms with E-state index in [1.165, 1.54) is 5.56 Å². The van der Waals surface area contributed by atoms with Gasteiger partial charge in [-0.3, -0.25) is 4.79 Å². The van der Waals surface area contributed by atoms with Crippen LogP contribution in [0.4, 0.5) is 0 Å². The summed E-state index contributed by atoms with van der Waals surface area (Å²) in [5, 5.41) is 0. The minimum absolute atomic E-state index is 0.491. The normalized spacial score (nSPS) is 10.8. The van der Waals surface area contributed by atoms with E-state index in [2.05, 4.69) is 0 Å². The average Bonchev–Trinajstić information content (AvgIpc) is 2.19. The highest BCUT2D eigenvalue weighted by Crippen LogP contribution is 2.15. The highest BCUT2D eigenvalue weighted by molar-refractivity contribution is 5.82. The van der Waals surface area contributed by atoms with Crippen molar-refractivity contribution >= 4 is 12.4 Å². The summed E-state index contributed by atoms with van der Waals surface area (Å²) in [5.74, 6) is 0. The molecule has 0 aliphatic heterocycles. The Kier molecular flexibility index (Phi) is 3.60. The highest BCUT2D eigenvalue weighted by Gasteiger charge is 2.01. The maximum Gasteiger partial charge on any atom is 0.150 e. The zero-order chi connectivity index (χ0) is 10.6. The average molecular weight is 189 g/mol. The monoisotopic (exact) mass is 189 g/mol. The van der Waals surface area contributed by atoms with Crippen LogP contribution in [0.15, 0.2) is 18.2 Å². The van der Waals surface area contributed by atoms with E-state index >= 15 is 0 Å². The zero-order valence-electron chi connectivity index (χ0n) is 8.58. The Morgan fingerprint density at radius 3 is 2.29 bits per heavy atom. The molecule has 0 aliphatic rings. The molecule has 0 fully saturated rings. The summed E-state index contributed by atoms with van der Waals surface area (Å²) < 4.78 is 0. The molecule has 0 aromatic heterocycles. The molecule has 0 radical (unpaired) electrons. The molecule has 74 valence electrons. The van der Waals surface area contributed by atoms with Crippen LogP contribution in [0.5, 0.6) is 0 Å². The number of hydrogen-bond acceptors (Lipinski definition) is 2. The summed E-state index contributed by atoms with van der Waals surface area (Å²) in [6.45, 7) is 4.52. The molecule has 1 aromatic rings. The van der Waals surface area contributed by atoms with E-state index in [1.807, 2.05) is 38.1 Å². The lowest BCUT2D eigenvalue weighted by molar-refractivity contribution is 0.112. The summed E-state index contributed by atoms with van der Waals surface area (Å²) in [6.07, 6.45) is 4.61. The van der Waals surface area contributed by atoms with Crippen molar-refractivity contribution in [1.29, 1.82) is 0 Å². The summed E-state index contributed by atoms with van der Waals surface area (Å²) in [6, 6.07) is 3.91. The first-order valence-electron chi connectivity index (χ1n) is 4.62. The van der Waals surface area contributed by atoms with Crippen molar-refractivity contribution in [1.82, 2.24) is 0 Å². The van der Waals surface area contributed by atoms with Gasteiger partial charge in [0, 0.05) is 12.1 Å². The van der Waals surface area contributed by atoms with Gasteiger partial charge in [-0.05, 0) is 36.6 Å². The van der Waals surface area contributed by atoms with Crippen molar-refractivity contribution in [2.75, 3.05) is 6.54 Å². The van der Waals surface area contributed by atoms with E-state index in [-0.39, 0.29) is 0 Å². The second-order valence-electron chi connectivity index (χ2n) is 3.32. The molecule has 0 heterocycles. The van der Waals surface area contributed by atoms with Gasteiger partial charge in [0.2, 0.25) is 0 Å². The van der Waals surface area contributed by atoms with Crippen molar-refractivity contribution in [3.05, 3.63) is 40.5 Å². The van der Waals surface area contributed by atoms with Gasteiger partial charge < -0.3 is 5.73 Å². The summed E-state index contributed by atoms with van der Waals surface area (Å²) in [4.78, 5) is 10.8. The summed E-state index contributed by atoms with van der Waals surface area (Å²) in [7, 11) is 0. The van der Waals surface area contributed by atoms with E-state index in [4.69, 9.17) is 5.73 Å². The lowest BCUT2D eigenvalue weighted by atomic mass is 10.0. The molecule has 0 saturated carbocycles. The fraction of sp³-hybridized carbons (Fsp3) is 0.250. The third-order valence-corrected chi connectivity index (χ3v) is 2.26. The van der Waals surface area contributed by atoms with Crippen LogP contribution in [0.25, 0.3) is 6.08 Å². The Morgan fingerprint density at radius 2 is 1.79 bits per heavy atom. The molecule has 2 nitrogen and oxygen atoms in total. The van der Waals surface area contributed by atoms with Crippen molar-refractivity contribution in [3.8, 4) is 0 Å². The van der Waals surface area contributed by atoms with Crippen LogP contribution in [0.1, 0.15) is 27.0 Å². The summed E-state index contributed by atoms with van der Waals surface area (Å²) >= 11 is 0. The fourth-order valence-corrected chi connectivity index (χ4v) is 1.30. The third-order valence-electron chi connectivity index (χ3n) is 2.26. The lowest BCUT2D eigenvalue weighted by Crippen LogP contribution is -1.94. The van der Waals surface area contributed by atoms with Crippen LogP contribution in [0.3, 0.4) is 0 Å². The van der Waals surface area contributed by atoms with E-state index in [0.717, 1.165) is 23.0 Å². The van der Waals surface area contributed by atoms with Gasteiger partial charge in [0.1, 0.15) is 0 Å². The Labute approximate surface area is 84.4 Å². The predicted molar refractivity (Wildman–Crippen MR) is 59.4 cm³/mol. The predicted octanol–water partition coefficient (Wildman–Crippen LogP) is 2.09. The van der Waals surface area contributed by atoms with Crippen LogP contribution < -0.4 is 5.73 Å². The molecule has 1 rings (SSSR count). The standard InChI is InChI=1S/C12H15NO/c1-9-6-11(4-3-5-13)12(8-14)7-10(9)2/h3-4,6-8H,5,13H2,1-2H3/b4-3+. The quantitative estimate of drug-likeness (QED) is 0.740. The van der Waals surface area contributed by atoms with Gasteiger partial charge in [-0.15, -0.1) is 0 Å². The van der Waals surface area contributed by atoms with Crippen molar-refractivity contribution in [3.63, 3.8) is 0 Å². The first-order chi connectivity index (χ1) is 6.69. The zero-order valence-corrected chi connectivity index (χ0v) is 8.58. The number of nitrogens with two attached hydrogens (primary N) is 1. The number of aldehydes is 1. The van der Waals surface area contributed by atoms with Crippen LogP contribution in [-0.4, -0.2) is 12.8 Å². The topological polar surface area (TPSA) is 43.1 Å². The van der Waals surface area contributed by atoms with Gasteiger partial charge in [-0.2, -0.15) is 0 Å². The minimum atomic E-state index is 0.491. The minimum Gasteiger partial charge on any atom is -0.327 e. The van der Waals surface area contributed by atoms with Crippen LogP contribution in [0.2, 0.25) is 0 Å². The Bertz CT molecular complexity index is 367. The van der Waals surface area contributed by atoms with Crippen molar-refractivity contribution in [2.24, 2.45) is 5.73 Å². The molecule has 0 atom stereocenters. The molecule has 0 unspecified atom stereocenters. The van der Waals surface area contributed by atoms with Crippen LogP contribution >= 0.6 is 0 Å². The summed E-state index contributed by atoms with van der Waals surface area (Å²) in [5.41, 5.74) is 9.34. The first kappa shape index (κ1) is 10.7. The molecule has 1 aromatic carbocycles. The van der Waals surface area contributed by atoms with Crippen molar-refractivity contribution in [2.45, 2.75) is 13.8 Å². The molecule has 0 bridgehead atoms. The van der Waals surface area contributed by atoms with E-state index in [9.17, 15) is 4.79 Å². The lowest BCUT2D eigenvalue weighted by Gasteiger charge is -2.04. The molecule has 14 heavy (non-hydrogen) atoms. The van der Waals surface area contributed by atoms with Gasteiger partial charge in [0.05, 0.1) is 0 Å². The van der Waals surface area contributed by atoms with E-state index in [1.54, 1.807) is 0 Å². The van der Waals surface area contributed by atoms with Gasteiger partial charge in [-0.25, -0.2) is 0 Å². The number of hydrogen-bond donors (Lipinski definition) is 1. The molecular formula is C12H15NO. The molecule has 2 N–H and O–H groups in total. The number of benzene rings is 1. The number of rotatable bonds is 3. The maximum absolute atomic E-state index is 10.8. The van der Waals surface area contributed by atoms with Gasteiger partial charge >= 0.3 is 0 Å². The van der Waals surface area contributed by atoms with Gasteiger partial charge in [-0.1, -0.05) is 18.2 Å². The third kappa shape index (κ3) is 2.30. The SMILES string of the molecule is Cc1cc(C=O)c(/C=C/CN)cc1C. The smallest absolute Gasteiger partial charge is 0.150 e. The van der Waals surface area contributed by atoms with Crippen molar-refractivity contribution < 1.29 is 4.79 Å². The highest BCUT2D eigenvalue weighted by atomic mass is 16.1. The van der Waals surface area contributed by atoms with Crippen LogP contribution in [-0.2, 0) is 0 Å². The van der Waals surface area contributed by atoms with Gasteiger partial charge in [0.25, 0.3) is 0 Å². The van der Waals surface area contributed by atoms with E-state index < -0.39 is 0 Å². The molecule has 2 heteroatoms. The molecule has 0 saturated heterocycles. The van der Waals surface area contributed by atoms with Crippen LogP contribution in [0, 0.1) is 13.8 Å². The van der Waals surface area contributed by atoms with E-state index in [0.29, 0.717) is 6.54 Å². The Morgan fingerprint density at radius 1 is 1.21 bits per heavy atom. The maximum atomic E-state index is 10.8. The molecule has 0 spiro atoms. The Balaban J connectivity index is 3.20. The molecular weight excluding hydrogens is 174 g/mol. The largest absolute Gasteiger partial charge is 0.327 e. The molecule has 0 amide bonds. The first-order valence-corrected chi connectivity index (χ1v) is 4.62. The number of aryl methyl sites for hydroxylation is 2. The Hall–Kier alpha value is -1.41. The molecule has 0 aliphatic carbocycles. The second kappa shape index (κ2) is 4.72. The number of carbonyl (C=O) groups is 1. The number of carbonyl (C=O) groups excluding carboxylic acids is 1. The second-order valence-corrected chi connectivity index (χ2v) is 3.32.